The van der Waals surface area contributed by atoms with Crippen molar-refractivity contribution in [2.75, 3.05) is 33.8 Å². The summed E-state index contributed by atoms with van der Waals surface area (Å²) in [5.74, 6) is 0. The van der Waals surface area contributed by atoms with Crippen molar-refractivity contribution in [1.82, 2.24) is 18.6 Å². The van der Waals surface area contributed by atoms with E-state index in [0.29, 0.717) is 32.1 Å². The van der Waals surface area contributed by atoms with Gasteiger partial charge in [0.1, 0.15) is 6.10 Å². The molecule has 2 fully saturated rings. The topological polar surface area (TPSA) is 84.9 Å². The average Bonchev–Trinajstić information content (AvgIpc) is 2.44. The van der Waals surface area contributed by atoms with E-state index in [1.165, 1.54) is 22.7 Å². The van der Waals surface area contributed by atoms with E-state index < -0.39 is 15.8 Å². The molecule has 0 N–H and O–H groups in total. The van der Waals surface area contributed by atoms with Crippen molar-refractivity contribution >= 4 is 10.2 Å². The molecule has 128 valence electrons. The van der Waals surface area contributed by atoms with E-state index >= 15 is 0 Å². The summed E-state index contributed by atoms with van der Waals surface area (Å²) in [5, 5.41) is 0. The van der Waals surface area contributed by atoms with Crippen LogP contribution in [0.4, 0.5) is 0 Å². The third-order valence-corrected chi connectivity index (χ3v) is 6.04. The Bertz CT molecular complexity index is 673. The van der Waals surface area contributed by atoms with Gasteiger partial charge in [-0.15, -0.1) is 0 Å². The number of rotatable bonds is 4. The molecule has 2 aliphatic heterocycles. The molecule has 3 heterocycles. The fraction of sp³-hybridized carbons (Fsp3) is 0.714. The van der Waals surface area contributed by atoms with Crippen LogP contribution in [0.3, 0.4) is 0 Å². The van der Waals surface area contributed by atoms with Crippen molar-refractivity contribution in [2.24, 2.45) is 0 Å². The first-order chi connectivity index (χ1) is 10.8. The second kappa shape index (κ2) is 5.97. The molecule has 1 unspecified atom stereocenters. The molecule has 0 saturated carbocycles. The van der Waals surface area contributed by atoms with Crippen LogP contribution in [0.25, 0.3) is 0 Å². The molecule has 0 radical (unpaired) electrons. The first-order valence-electron chi connectivity index (χ1n) is 7.59. The van der Waals surface area contributed by atoms with Crippen molar-refractivity contribution in [3.8, 4) is 6.01 Å². The second-order valence-corrected chi connectivity index (χ2v) is 8.45. The van der Waals surface area contributed by atoms with Crippen LogP contribution in [-0.4, -0.2) is 72.5 Å². The Balaban J connectivity index is 1.62. The number of ether oxygens (including phenoxy) is 2. The van der Waals surface area contributed by atoms with Crippen LogP contribution >= 0.6 is 0 Å². The number of aromatic nitrogens is 2. The highest BCUT2D eigenvalue weighted by Crippen LogP contribution is 2.37. The lowest BCUT2D eigenvalue weighted by molar-refractivity contribution is -0.166. The fourth-order valence-corrected chi connectivity index (χ4v) is 4.18. The van der Waals surface area contributed by atoms with Gasteiger partial charge in [-0.2, -0.15) is 17.0 Å². The largest absolute Gasteiger partial charge is 0.460 e. The maximum absolute atomic E-state index is 12.1. The molecule has 1 aromatic rings. The van der Waals surface area contributed by atoms with Gasteiger partial charge in [0, 0.05) is 51.9 Å². The quantitative estimate of drug-likeness (QED) is 0.777. The van der Waals surface area contributed by atoms with Gasteiger partial charge in [0.25, 0.3) is 10.2 Å². The fourth-order valence-electron chi connectivity index (χ4n) is 2.93. The van der Waals surface area contributed by atoms with Gasteiger partial charge in [0.05, 0.1) is 12.2 Å². The molecule has 1 spiro atoms. The molecule has 0 aliphatic carbocycles. The maximum atomic E-state index is 12.1. The first-order valence-corrected chi connectivity index (χ1v) is 8.98. The van der Waals surface area contributed by atoms with Crippen LogP contribution in [0.2, 0.25) is 0 Å². The summed E-state index contributed by atoms with van der Waals surface area (Å²) in [6.07, 6.45) is 3.00. The van der Waals surface area contributed by atoms with Crippen LogP contribution in [0.5, 0.6) is 6.01 Å². The summed E-state index contributed by atoms with van der Waals surface area (Å²) in [6.45, 7) is 3.16. The van der Waals surface area contributed by atoms with Gasteiger partial charge in [-0.3, -0.25) is 0 Å². The first kappa shape index (κ1) is 16.6. The molecule has 2 saturated heterocycles. The van der Waals surface area contributed by atoms with Gasteiger partial charge >= 0.3 is 6.01 Å². The third kappa shape index (κ3) is 3.32. The van der Waals surface area contributed by atoms with Crippen LogP contribution in [-0.2, 0) is 14.9 Å². The van der Waals surface area contributed by atoms with Crippen molar-refractivity contribution in [3.05, 3.63) is 18.0 Å². The molecular weight excluding hydrogens is 320 g/mol. The van der Waals surface area contributed by atoms with E-state index in [1.54, 1.807) is 6.20 Å². The number of hydrogen-bond acceptors (Lipinski definition) is 6. The lowest BCUT2D eigenvalue weighted by Gasteiger charge is -2.52. The van der Waals surface area contributed by atoms with Crippen LogP contribution < -0.4 is 4.74 Å². The lowest BCUT2D eigenvalue weighted by Crippen LogP contribution is -2.68. The van der Waals surface area contributed by atoms with Crippen LogP contribution in [0.15, 0.2) is 12.3 Å². The minimum atomic E-state index is -3.38. The highest BCUT2D eigenvalue weighted by atomic mass is 32.2. The predicted molar refractivity (Wildman–Crippen MR) is 83.3 cm³/mol. The molecule has 23 heavy (non-hydrogen) atoms. The highest BCUT2D eigenvalue weighted by molar-refractivity contribution is 7.86. The van der Waals surface area contributed by atoms with E-state index in [1.807, 2.05) is 13.0 Å². The van der Waals surface area contributed by atoms with Crippen molar-refractivity contribution in [1.29, 1.82) is 0 Å². The Labute approximate surface area is 136 Å². The zero-order chi connectivity index (χ0) is 16.7. The highest BCUT2D eigenvalue weighted by Gasteiger charge is 2.52. The Morgan fingerprint density at radius 2 is 2.17 bits per heavy atom. The predicted octanol–water partition coefficient (Wildman–Crippen LogP) is 0.204. The zero-order valence-electron chi connectivity index (χ0n) is 13.6. The summed E-state index contributed by atoms with van der Waals surface area (Å²) in [5.41, 5.74) is 0.402. The average molecular weight is 342 g/mol. The SMILES string of the molecule is Cc1ccnc(OC2CCOC3(C2)CN(S(=O)(=O)N(C)C)C3)n1. The van der Waals surface area contributed by atoms with E-state index in [2.05, 4.69) is 9.97 Å². The lowest BCUT2D eigenvalue weighted by atomic mass is 9.86. The Morgan fingerprint density at radius 3 is 2.83 bits per heavy atom. The smallest absolute Gasteiger partial charge is 0.316 e. The van der Waals surface area contributed by atoms with E-state index in [0.717, 1.165) is 12.1 Å². The molecule has 0 bridgehead atoms. The molecule has 1 atom stereocenters. The summed E-state index contributed by atoms with van der Waals surface area (Å²) >= 11 is 0. The normalized spacial score (nSPS) is 24.6. The maximum Gasteiger partial charge on any atom is 0.316 e. The summed E-state index contributed by atoms with van der Waals surface area (Å²) < 4.78 is 38.5. The monoisotopic (exact) mass is 342 g/mol. The van der Waals surface area contributed by atoms with Crippen LogP contribution in [0, 0.1) is 6.92 Å². The summed E-state index contributed by atoms with van der Waals surface area (Å²) in [6, 6.07) is 2.18. The number of aryl methyl sites for hydroxylation is 1. The van der Waals surface area contributed by atoms with Crippen molar-refractivity contribution in [2.45, 2.75) is 31.5 Å². The molecular formula is C14H22N4O4S. The Hall–Kier alpha value is -1.29. The standard InChI is InChI=1S/C14H22N4O4S/c1-11-4-6-15-13(16-11)22-12-5-7-21-14(8-12)9-18(10-14)23(19,20)17(2)3/h4,6,12H,5,7-10H2,1-3H3. The second-order valence-electron chi connectivity index (χ2n) is 6.30. The van der Waals surface area contributed by atoms with Gasteiger partial charge < -0.3 is 9.47 Å². The minimum absolute atomic E-state index is 0.0604. The zero-order valence-corrected chi connectivity index (χ0v) is 14.4. The van der Waals surface area contributed by atoms with Crippen LogP contribution in [0.1, 0.15) is 18.5 Å². The molecule has 8 nitrogen and oxygen atoms in total. The van der Waals surface area contributed by atoms with Gasteiger partial charge in [0.2, 0.25) is 0 Å². The Kier molecular flexibility index (Phi) is 4.30. The molecule has 1 aromatic heterocycles. The van der Waals surface area contributed by atoms with Gasteiger partial charge in [-0.25, -0.2) is 9.97 Å². The number of nitrogens with zero attached hydrogens (tertiary/aromatic N) is 4. The molecule has 3 rings (SSSR count). The van der Waals surface area contributed by atoms with Gasteiger partial charge in [0.15, 0.2) is 0 Å². The third-order valence-electron chi connectivity index (χ3n) is 4.21. The van der Waals surface area contributed by atoms with Gasteiger partial charge in [-0.1, -0.05) is 0 Å². The molecule has 0 aromatic carbocycles. The Morgan fingerprint density at radius 1 is 1.43 bits per heavy atom. The summed E-state index contributed by atoms with van der Waals surface area (Å²) in [7, 11) is -0.315. The van der Waals surface area contributed by atoms with E-state index in [4.69, 9.17) is 9.47 Å². The molecule has 2 aliphatic rings. The molecule has 9 heteroatoms. The minimum Gasteiger partial charge on any atom is -0.460 e. The van der Waals surface area contributed by atoms with E-state index in [-0.39, 0.29) is 6.10 Å². The van der Waals surface area contributed by atoms with E-state index in [9.17, 15) is 8.42 Å². The van der Waals surface area contributed by atoms with Crippen molar-refractivity contribution < 1.29 is 17.9 Å². The van der Waals surface area contributed by atoms with Crippen molar-refractivity contribution in [3.63, 3.8) is 0 Å². The molecule has 0 amide bonds. The van der Waals surface area contributed by atoms with Gasteiger partial charge in [-0.05, 0) is 13.0 Å². The number of hydrogen-bond donors (Lipinski definition) is 0. The summed E-state index contributed by atoms with van der Waals surface area (Å²) in [4.78, 5) is 8.36.